The van der Waals surface area contributed by atoms with Gasteiger partial charge in [-0.1, -0.05) is 23.7 Å². The highest BCUT2D eigenvalue weighted by Gasteiger charge is 2.11. The predicted molar refractivity (Wildman–Crippen MR) is 60.8 cm³/mol. The Morgan fingerprint density at radius 1 is 1.50 bits per heavy atom. The Morgan fingerprint density at radius 2 is 2.21 bits per heavy atom. The molecule has 0 aliphatic carbocycles. The van der Waals surface area contributed by atoms with Crippen LogP contribution < -0.4 is 5.46 Å². The van der Waals surface area contributed by atoms with E-state index >= 15 is 0 Å². The highest BCUT2D eigenvalue weighted by molar-refractivity contribution is 6.32. The van der Waals surface area contributed by atoms with Crippen molar-refractivity contribution in [3.05, 3.63) is 29.3 Å². The van der Waals surface area contributed by atoms with Crippen LogP contribution in [-0.4, -0.2) is 26.2 Å². The molecular formula is C11H17BO2. The SMILES string of the molecule is Bc1ccc([C@H](CO)OCC)c(C)c1. The van der Waals surface area contributed by atoms with E-state index in [1.165, 1.54) is 11.0 Å². The Balaban J connectivity index is 2.92. The first kappa shape index (κ1) is 11.3. The Bertz CT molecular complexity index is 299. The van der Waals surface area contributed by atoms with Crippen molar-refractivity contribution >= 4 is 13.3 Å². The summed E-state index contributed by atoms with van der Waals surface area (Å²) in [5.74, 6) is 0. The molecule has 0 aromatic heterocycles. The number of hydrogen-bond donors (Lipinski definition) is 1. The van der Waals surface area contributed by atoms with Crippen molar-refractivity contribution in [3.8, 4) is 0 Å². The molecule has 0 spiro atoms. The molecule has 1 N–H and O–H groups in total. The number of hydrogen-bond acceptors (Lipinski definition) is 2. The Morgan fingerprint density at radius 3 is 2.71 bits per heavy atom. The monoisotopic (exact) mass is 192 g/mol. The van der Waals surface area contributed by atoms with Gasteiger partial charge in [-0.05, 0) is 25.0 Å². The molecule has 0 unspecified atom stereocenters. The number of benzene rings is 1. The highest BCUT2D eigenvalue weighted by Crippen LogP contribution is 2.19. The summed E-state index contributed by atoms with van der Waals surface area (Å²) < 4.78 is 5.45. The van der Waals surface area contributed by atoms with Crippen LogP contribution in [-0.2, 0) is 4.74 Å². The van der Waals surface area contributed by atoms with Crippen LogP contribution >= 0.6 is 0 Å². The molecule has 0 bridgehead atoms. The van der Waals surface area contributed by atoms with Crippen LogP contribution in [0.15, 0.2) is 18.2 Å². The summed E-state index contributed by atoms with van der Waals surface area (Å²) in [5.41, 5.74) is 3.50. The van der Waals surface area contributed by atoms with Gasteiger partial charge in [0.2, 0.25) is 0 Å². The van der Waals surface area contributed by atoms with Gasteiger partial charge < -0.3 is 9.84 Å². The van der Waals surface area contributed by atoms with Gasteiger partial charge >= 0.3 is 0 Å². The maximum atomic E-state index is 9.18. The zero-order chi connectivity index (χ0) is 10.6. The van der Waals surface area contributed by atoms with E-state index in [2.05, 4.69) is 13.9 Å². The fourth-order valence-corrected chi connectivity index (χ4v) is 1.63. The first-order chi connectivity index (χ1) is 6.69. The average molecular weight is 192 g/mol. The van der Waals surface area contributed by atoms with Crippen LogP contribution in [0.1, 0.15) is 24.2 Å². The minimum absolute atomic E-state index is 0.0394. The maximum absolute atomic E-state index is 9.18. The van der Waals surface area contributed by atoms with E-state index in [1.54, 1.807) is 0 Å². The Kier molecular flexibility index (Phi) is 4.17. The van der Waals surface area contributed by atoms with Crippen molar-refractivity contribution in [2.75, 3.05) is 13.2 Å². The van der Waals surface area contributed by atoms with Crippen molar-refractivity contribution in [1.29, 1.82) is 0 Å². The van der Waals surface area contributed by atoms with Crippen molar-refractivity contribution in [1.82, 2.24) is 0 Å². The van der Waals surface area contributed by atoms with Gasteiger partial charge in [0.05, 0.1) is 6.61 Å². The summed E-state index contributed by atoms with van der Waals surface area (Å²) in [6, 6.07) is 6.18. The maximum Gasteiger partial charge on any atom is 0.139 e. The fraction of sp³-hybridized carbons (Fsp3) is 0.455. The molecule has 1 atom stereocenters. The van der Waals surface area contributed by atoms with Gasteiger partial charge in [0.25, 0.3) is 0 Å². The molecule has 76 valence electrons. The quantitative estimate of drug-likeness (QED) is 0.696. The van der Waals surface area contributed by atoms with Crippen LogP contribution in [0.4, 0.5) is 0 Å². The number of aryl methyl sites for hydroxylation is 1. The number of ether oxygens (including phenoxy) is 1. The molecule has 1 aromatic carbocycles. The van der Waals surface area contributed by atoms with Gasteiger partial charge in [0.15, 0.2) is 0 Å². The van der Waals surface area contributed by atoms with E-state index in [4.69, 9.17) is 4.74 Å². The normalized spacial score (nSPS) is 12.8. The molecular weight excluding hydrogens is 175 g/mol. The van der Waals surface area contributed by atoms with Crippen molar-refractivity contribution in [2.45, 2.75) is 20.0 Å². The van der Waals surface area contributed by atoms with E-state index in [0.29, 0.717) is 6.61 Å². The summed E-state index contributed by atoms with van der Waals surface area (Å²) in [7, 11) is 2.06. The van der Waals surface area contributed by atoms with Crippen molar-refractivity contribution in [3.63, 3.8) is 0 Å². The van der Waals surface area contributed by atoms with E-state index in [-0.39, 0.29) is 12.7 Å². The van der Waals surface area contributed by atoms with E-state index < -0.39 is 0 Å². The van der Waals surface area contributed by atoms with Crippen LogP contribution in [0, 0.1) is 6.92 Å². The average Bonchev–Trinajstić information content (AvgIpc) is 2.15. The zero-order valence-electron chi connectivity index (χ0n) is 9.08. The standard InChI is InChI=1S/C11H17BO2/c1-3-14-11(7-13)10-5-4-9(12)6-8(10)2/h4-6,11,13H,3,7,12H2,1-2H3/t11-/m0/s1. The summed E-state index contributed by atoms with van der Waals surface area (Å²) >= 11 is 0. The van der Waals surface area contributed by atoms with Gasteiger partial charge in [-0.15, -0.1) is 0 Å². The molecule has 14 heavy (non-hydrogen) atoms. The van der Waals surface area contributed by atoms with Gasteiger partial charge in [0, 0.05) is 6.61 Å². The first-order valence-electron chi connectivity index (χ1n) is 4.98. The lowest BCUT2D eigenvalue weighted by Gasteiger charge is -2.17. The zero-order valence-corrected chi connectivity index (χ0v) is 9.08. The van der Waals surface area contributed by atoms with Gasteiger partial charge in [-0.3, -0.25) is 0 Å². The molecule has 1 rings (SSSR count). The molecule has 0 radical (unpaired) electrons. The van der Waals surface area contributed by atoms with Gasteiger partial charge in [-0.2, -0.15) is 0 Å². The lowest BCUT2D eigenvalue weighted by molar-refractivity contribution is 0.0186. The summed E-state index contributed by atoms with van der Waals surface area (Å²) in [4.78, 5) is 0. The third kappa shape index (κ3) is 2.60. The Labute approximate surface area is 86.3 Å². The lowest BCUT2D eigenvalue weighted by Crippen LogP contribution is -2.13. The van der Waals surface area contributed by atoms with Crippen LogP contribution in [0.25, 0.3) is 0 Å². The minimum atomic E-state index is -0.180. The molecule has 0 saturated heterocycles. The topological polar surface area (TPSA) is 29.5 Å². The van der Waals surface area contributed by atoms with Gasteiger partial charge in [0.1, 0.15) is 14.0 Å². The van der Waals surface area contributed by atoms with E-state index in [9.17, 15) is 5.11 Å². The van der Waals surface area contributed by atoms with Crippen LogP contribution in [0.5, 0.6) is 0 Å². The summed E-state index contributed by atoms with van der Waals surface area (Å²) in [6.45, 7) is 4.65. The second-order valence-electron chi connectivity index (χ2n) is 3.49. The molecule has 0 amide bonds. The lowest BCUT2D eigenvalue weighted by atomic mass is 9.91. The largest absolute Gasteiger partial charge is 0.393 e. The summed E-state index contributed by atoms with van der Waals surface area (Å²) in [5, 5.41) is 9.18. The van der Waals surface area contributed by atoms with Crippen LogP contribution in [0.3, 0.4) is 0 Å². The van der Waals surface area contributed by atoms with Crippen LogP contribution in [0.2, 0.25) is 0 Å². The molecule has 0 saturated carbocycles. The Hall–Kier alpha value is -0.795. The van der Waals surface area contributed by atoms with E-state index in [0.717, 1.165) is 5.56 Å². The van der Waals surface area contributed by atoms with E-state index in [1.807, 2.05) is 26.0 Å². The van der Waals surface area contributed by atoms with Crippen molar-refractivity contribution in [2.24, 2.45) is 0 Å². The first-order valence-corrected chi connectivity index (χ1v) is 4.98. The smallest absolute Gasteiger partial charge is 0.139 e. The summed E-state index contributed by atoms with van der Waals surface area (Å²) in [6.07, 6.45) is -0.180. The molecule has 1 aromatic rings. The fourth-order valence-electron chi connectivity index (χ4n) is 1.63. The molecule has 0 aliphatic rings. The number of aliphatic hydroxyl groups is 1. The van der Waals surface area contributed by atoms with Crippen molar-refractivity contribution < 1.29 is 9.84 Å². The third-order valence-electron chi connectivity index (χ3n) is 2.31. The number of rotatable bonds is 4. The molecule has 0 aliphatic heterocycles. The second kappa shape index (κ2) is 5.18. The predicted octanol–water partition coefficient (Wildman–Crippen LogP) is 0.323. The third-order valence-corrected chi connectivity index (χ3v) is 2.31. The molecule has 3 heteroatoms. The molecule has 2 nitrogen and oxygen atoms in total. The molecule has 0 fully saturated rings. The minimum Gasteiger partial charge on any atom is -0.393 e. The molecule has 0 heterocycles. The number of aliphatic hydroxyl groups excluding tert-OH is 1. The van der Waals surface area contributed by atoms with Gasteiger partial charge in [-0.25, -0.2) is 0 Å². The highest BCUT2D eigenvalue weighted by atomic mass is 16.5. The second-order valence-corrected chi connectivity index (χ2v) is 3.49.